The van der Waals surface area contributed by atoms with Gasteiger partial charge in [0.25, 0.3) is 5.91 Å². The number of nitrogens with zero attached hydrogens (tertiary/aromatic N) is 4. The lowest BCUT2D eigenvalue weighted by Gasteiger charge is -2.33. The summed E-state index contributed by atoms with van der Waals surface area (Å²) in [7, 11) is 0. The smallest absolute Gasteiger partial charge is 0.255 e. The molecule has 3 rings (SSSR count). The highest BCUT2D eigenvalue weighted by molar-refractivity contribution is 5.94. The Morgan fingerprint density at radius 2 is 2.12 bits per heavy atom. The number of aryl methyl sites for hydroxylation is 3. The number of hydrogen-bond acceptors (Lipinski definition) is 5. The molecule has 6 heteroatoms. The maximum Gasteiger partial charge on any atom is 0.255 e. The number of ether oxygens (including phenoxy) is 1. The monoisotopic (exact) mass is 326 g/mol. The van der Waals surface area contributed by atoms with Crippen molar-refractivity contribution in [1.82, 2.24) is 19.9 Å². The molecule has 1 amide bonds. The van der Waals surface area contributed by atoms with Crippen LogP contribution in [0.15, 0.2) is 30.7 Å². The molecule has 126 valence electrons. The Morgan fingerprint density at radius 3 is 2.88 bits per heavy atom. The Balaban J connectivity index is 1.57. The molecule has 0 aliphatic carbocycles. The van der Waals surface area contributed by atoms with Crippen molar-refractivity contribution in [1.29, 1.82) is 0 Å². The maximum absolute atomic E-state index is 12.6. The summed E-state index contributed by atoms with van der Waals surface area (Å²) in [5.41, 5.74) is 3.52. The second kappa shape index (κ2) is 7.49. The lowest BCUT2D eigenvalue weighted by atomic mass is 10.1. The minimum Gasteiger partial charge on any atom is -0.375 e. The summed E-state index contributed by atoms with van der Waals surface area (Å²) < 4.78 is 5.81. The number of morpholine rings is 1. The van der Waals surface area contributed by atoms with Crippen molar-refractivity contribution >= 4 is 5.91 Å². The molecular formula is C18H22N4O2. The van der Waals surface area contributed by atoms with Gasteiger partial charge in [-0.3, -0.25) is 9.78 Å². The Labute approximate surface area is 141 Å². The molecule has 6 nitrogen and oxygen atoms in total. The molecule has 0 N–H and O–H groups in total. The molecular weight excluding hydrogens is 304 g/mol. The minimum atomic E-state index is 0.0219. The van der Waals surface area contributed by atoms with Crippen LogP contribution in [0.2, 0.25) is 0 Å². The van der Waals surface area contributed by atoms with Crippen LogP contribution in [0.5, 0.6) is 0 Å². The number of carbonyl (C=O) groups is 1. The van der Waals surface area contributed by atoms with Gasteiger partial charge < -0.3 is 9.64 Å². The zero-order chi connectivity index (χ0) is 16.9. The van der Waals surface area contributed by atoms with Crippen molar-refractivity contribution in [3.63, 3.8) is 0 Å². The third kappa shape index (κ3) is 4.14. The first-order chi connectivity index (χ1) is 11.6. The number of aromatic nitrogens is 3. The number of hydrogen-bond donors (Lipinski definition) is 0. The predicted octanol–water partition coefficient (Wildman–Crippen LogP) is 1.96. The molecule has 1 aliphatic rings. The fourth-order valence-corrected chi connectivity index (χ4v) is 2.81. The van der Waals surface area contributed by atoms with Crippen molar-refractivity contribution < 1.29 is 9.53 Å². The predicted molar refractivity (Wildman–Crippen MR) is 89.7 cm³/mol. The molecule has 1 fully saturated rings. The third-order valence-corrected chi connectivity index (χ3v) is 4.17. The van der Waals surface area contributed by atoms with Gasteiger partial charge in [-0.15, -0.1) is 0 Å². The van der Waals surface area contributed by atoms with Crippen LogP contribution in [0.4, 0.5) is 0 Å². The van der Waals surface area contributed by atoms with Gasteiger partial charge in [0.15, 0.2) is 0 Å². The fourth-order valence-electron chi connectivity index (χ4n) is 2.81. The van der Waals surface area contributed by atoms with Gasteiger partial charge in [-0.1, -0.05) is 0 Å². The molecule has 0 saturated carbocycles. The van der Waals surface area contributed by atoms with Gasteiger partial charge in [-0.05, 0) is 44.9 Å². The van der Waals surface area contributed by atoms with Crippen LogP contribution in [0.25, 0.3) is 0 Å². The third-order valence-electron chi connectivity index (χ3n) is 4.17. The molecule has 1 unspecified atom stereocenters. The van der Waals surface area contributed by atoms with Gasteiger partial charge in [0.1, 0.15) is 6.33 Å². The van der Waals surface area contributed by atoms with Gasteiger partial charge in [0.2, 0.25) is 0 Å². The summed E-state index contributed by atoms with van der Waals surface area (Å²) in [6.45, 7) is 5.66. The van der Waals surface area contributed by atoms with Crippen LogP contribution >= 0.6 is 0 Å². The summed E-state index contributed by atoms with van der Waals surface area (Å²) >= 11 is 0. The zero-order valence-electron chi connectivity index (χ0n) is 14.1. The Bertz CT molecular complexity index is 702. The average Bonchev–Trinajstić information content (AvgIpc) is 2.60. The quantitative estimate of drug-likeness (QED) is 0.859. The highest BCUT2D eigenvalue weighted by Gasteiger charge is 2.25. The van der Waals surface area contributed by atoms with E-state index in [-0.39, 0.29) is 12.0 Å². The van der Waals surface area contributed by atoms with E-state index in [1.807, 2.05) is 36.9 Å². The van der Waals surface area contributed by atoms with Crippen molar-refractivity contribution in [2.45, 2.75) is 32.8 Å². The molecule has 1 aliphatic heterocycles. The van der Waals surface area contributed by atoms with Gasteiger partial charge in [-0.25, -0.2) is 9.97 Å². The maximum atomic E-state index is 12.6. The Hall–Kier alpha value is -2.34. The molecule has 1 saturated heterocycles. The van der Waals surface area contributed by atoms with Crippen LogP contribution in [-0.4, -0.2) is 51.6 Å². The summed E-state index contributed by atoms with van der Waals surface area (Å²) in [4.78, 5) is 27.0. The zero-order valence-corrected chi connectivity index (χ0v) is 14.1. The standard InChI is InChI=1S/C18H22N4O2/c1-13-3-4-15(10-19-13)18(23)22-7-8-24-17(11-22)6-5-16-9-14(2)20-12-21-16/h3-4,9-10,12,17H,5-8,11H2,1-2H3. The van der Waals surface area contributed by atoms with E-state index in [2.05, 4.69) is 15.0 Å². The van der Waals surface area contributed by atoms with E-state index in [0.29, 0.717) is 25.3 Å². The van der Waals surface area contributed by atoms with Gasteiger partial charge in [0, 0.05) is 36.4 Å². The minimum absolute atomic E-state index is 0.0219. The second-order valence-corrected chi connectivity index (χ2v) is 6.12. The molecule has 0 aromatic carbocycles. The molecule has 2 aromatic heterocycles. The molecule has 3 heterocycles. The number of amides is 1. The first kappa shape index (κ1) is 16.5. The highest BCUT2D eigenvalue weighted by atomic mass is 16.5. The largest absolute Gasteiger partial charge is 0.375 e. The SMILES string of the molecule is Cc1ccc(C(=O)N2CCOC(CCc3cc(C)ncn3)C2)cn1. The van der Waals surface area contributed by atoms with Crippen molar-refractivity contribution in [3.8, 4) is 0 Å². The first-order valence-electron chi connectivity index (χ1n) is 8.23. The second-order valence-electron chi connectivity index (χ2n) is 6.12. The summed E-state index contributed by atoms with van der Waals surface area (Å²) in [5.74, 6) is 0.0219. The Morgan fingerprint density at radius 1 is 1.25 bits per heavy atom. The van der Waals surface area contributed by atoms with E-state index in [0.717, 1.165) is 29.9 Å². The van der Waals surface area contributed by atoms with E-state index in [9.17, 15) is 4.79 Å². The van der Waals surface area contributed by atoms with Gasteiger partial charge >= 0.3 is 0 Å². The van der Waals surface area contributed by atoms with Crippen molar-refractivity contribution in [3.05, 3.63) is 53.4 Å². The first-order valence-corrected chi connectivity index (χ1v) is 8.23. The van der Waals surface area contributed by atoms with Crippen molar-refractivity contribution in [2.75, 3.05) is 19.7 Å². The van der Waals surface area contributed by atoms with Gasteiger partial charge in [-0.2, -0.15) is 0 Å². The van der Waals surface area contributed by atoms with E-state index >= 15 is 0 Å². The molecule has 0 bridgehead atoms. The molecule has 0 radical (unpaired) electrons. The number of carbonyl (C=O) groups excluding carboxylic acids is 1. The van der Waals surface area contributed by atoms with Crippen LogP contribution in [-0.2, 0) is 11.2 Å². The lowest BCUT2D eigenvalue weighted by Crippen LogP contribution is -2.45. The number of pyridine rings is 1. The van der Waals surface area contributed by atoms with E-state index in [1.165, 1.54) is 0 Å². The highest BCUT2D eigenvalue weighted by Crippen LogP contribution is 2.14. The van der Waals surface area contributed by atoms with Crippen LogP contribution in [0.1, 0.15) is 33.9 Å². The van der Waals surface area contributed by atoms with E-state index in [1.54, 1.807) is 12.5 Å². The van der Waals surface area contributed by atoms with Crippen molar-refractivity contribution in [2.24, 2.45) is 0 Å². The number of rotatable bonds is 4. The topological polar surface area (TPSA) is 68.2 Å². The summed E-state index contributed by atoms with van der Waals surface area (Å²) in [6, 6.07) is 5.69. The van der Waals surface area contributed by atoms with E-state index < -0.39 is 0 Å². The van der Waals surface area contributed by atoms with Gasteiger partial charge in [0.05, 0.1) is 18.3 Å². The van der Waals surface area contributed by atoms with Crippen LogP contribution < -0.4 is 0 Å². The fraction of sp³-hybridized carbons (Fsp3) is 0.444. The Kier molecular flexibility index (Phi) is 5.15. The molecule has 24 heavy (non-hydrogen) atoms. The molecule has 1 atom stereocenters. The molecule has 2 aromatic rings. The normalized spacial score (nSPS) is 17.8. The van der Waals surface area contributed by atoms with Crippen LogP contribution in [0, 0.1) is 13.8 Å². The molecule has 0 spiro atoms. The average molecular weight is 326 g/mol. The summed E-state index contributed by atoms with van der Waals surface area (Å²) in [6.07, 6.45) is 4.93. The van der Waals surface area contributed by atoms with E-state index in [4.69, 9.17) is 4.74 Å². The van der Waals surface area contributed by atoms with Crippen LogP contribution in [0.3, 0.4) is 0 Å². The summed E-state index contributed by atoms with van der Waals surface area (Å²) in [5, 5.41) is 0. The lowest BCUT2D eigenvalue weighted by molar-refractivity contribution is -0.0247.